The van der Waals surface area contributed by atoms with Crippen LogP contribution in [0.5, 0.6) is 0 Å². The molecule has 4 heterocycles. The van der Waals surface area contributed by atoms with E-state index in [4.69, 9.17) is 5.73 Å². The molecule has 3 saturated heterocycles. The van der Waals surface area contributed by atoms with Crippen LogP contribution >= 0.6 is 0 Å². The first-order valence-electron chi connectivity index (χ1n) is 9.25. The van der Waals surface area contributed by atoms with E-state index in [1.165, 1.54) is 54.6 Å². The number of benzene rings is 1. The number of rotatable bonds is 4. The Morgan fingerprint density at radius 2 is 1.96 bits per heavy atom. The lowest BCUT2D eigenvalue weighted by atomic mass is 9.75. The normalized spacial score (nSPS) is 28.4. The fraction of sp³-hybridized carbons (Fsp3) is 0.600. The molecule has 0 spiro atoms. The fourth-order valence-corrected chi connectivity index (χ4v) is 5.01. The molecule has 2 aromatic rings. The SMILES string of the molecule is CCCC(N)c1c(C2CN3CCC2CC3)n(C)c2ccccc12. The van der Waals surface area contributed by atoms with Gasteiger partial charge in [0.25, 0.3) is 0 Å². The van der Waals surface area contributed by atoms with Gasteiger partial charge in [-0.2, -0.15) is 0 Å². The molecule has 2 bridgehead atoms. The quantitative estimate of drug-likeness (QED) is 0.932. The number of nitrogens with zero attached hydrogens (tertiary/aromatic N) is 2. The van der Waals surface area contributed by atoms with Gasteiger partial charge in [-0.15, -0.1) is 0 Å². The van der Waals surface area contributed by atoms with Crippen LogP contribution in [0.2, 0.25) is 0 Å². The number of piperidine rings is 3. The zero-order chi connectivity index (χ0) is 16.0. The number of para-hydroxylation sites is 1. The minimum absolute atomic E-state index is 0.163. The average Bonchev–Trinajstić information content (AvgIpc) is 2.89. The molecule has 0 saturated carbocycles. The van der Waals surface area contributed by atoms with E-state index in [-0.39, 0.29) is 6.04 Å². The van der Waals surface area contributed by atoms with Gasteiger partial charge in [0, 0.05) is 42.1 Å². The number of nitrogens with two attached hydrogens (primary N) is 1. The molecule has 1 aromatic carbocycles. The molecule has 3 heteroatoms. The first-order valence-corrected chi connectivity index (χ1v) is 9.25. The average molecular weight is 311 g/mol. The van der Waals surface area contributed by atoms with E-state index >= 15 is 0 Å². The van der Waals surface area contributed by atoms with Gasteiger partial charge in [-0.3, -0.25) is 0 Å². The zero-order valence-corrected chi connectivity index (χ0v) is 14.5. The lowest BCUT2D eigenvalue weighted by Gasteiger charge is -2.45. The predicted octanol–water partition coefficient (Wildman–Crippen LogP) is 3.79. The van der Waals surface area contributed by atoms with Crippen molar-refractivity contribution < 1.29 is 0 Å². The Morgan fingerprint density at radius 3 is 2.61 bits per heavy atom. The second-order valence-electron chi connectivity index (χ2n) is 7.51. The molecule has 3 nitrogen and oxygen atoms in total. The van der Waals surface area contributed by atoms with Crippen molar-refractivity contribution >= 4 is 10.9 Å². The van der Waals surface area contributed by atoms with Crippen molar-refractivity contribution in [2.45, 2.75) is 44.6 Å². The highest BCUT2D eigenvalue weighted by atomic mass is 15.2. The lowest BCUT2D eigenvalue weighted by molar-refractivity contribution is 0.0839. The van der Waals surface area contributed by atoms with Gasteiger partial charge in [0.1, 0.15) is 0 Å². The van der Waals surface area contributed by atoms with Gasteiger partial charge >= 0.3 is 0 Å². The van der Waals surface area contributed by atoms with Crippen LogP contribution in [0.15, 0.2) is 24.3 Å². The molecule has 1 aromatic heterocycles. The summed E-state index contributed by atoms with van der Waals surface area (Å²) >= 11 is 0. The molecule has 2 atom stereocenters. The Hall–Kier alpha value is -1.32. The Bertz CT molecular complexity index is 694. The third-order valence-corrected chi connectivity index (χ3v) is 6.17. The van der Waals surface area contributed by atoms with E-state index in [1.54, 1.807) is 0 Å². The van der Waals surface area contributed by atoms with Gasteiger partial charge in [0.15, 0.2) is 0 Å². The lowest BCUT2D eigenvalue weighted by Crippen LogP contribution is -2.47. The van der Waals surface area contributed by atoms with E-state index in [2.05, 4.69) is 47.7 Å². The van der Waals surface area contributed by atoms with Crippen LogP contribution in [0.3, 0.4) is 0 Å². The maximum Gasteiger partial charge on any atom is 0.0483 e. The summed E-state index contributed by atoms with van der Waals surface area (Å²) < 4.78 is 2.45. The standard InChI is InChI=1S/C20H29N3/c1-3-6-17(21)19-15-7-4-5-8-18(15)22(2)20(19)16-13-23-11-9-14(16)10-12-23/h4-5,7-8,14,16-17H,3,6,9-13,21H2,1-2H3. The summed E-state index contributed by atoms with van der Waals surface area (Å²) in [5, 5.41) is 1.38. The van der Waals surface area contributed by atoms with Crippen molar-refractivity contribution in [1.29, 1.82) is 0 Å². The highest BCUT2D eigenvalue weighted by Crippen LogP contribution is 2.44. The van der Waals surface area contributed by atoms with Crippen molar-refractivity contribution in [2.75, 3.05) is 19.6 Å². The summed E-state index contributed by atoms with van der Waals surface area (Å²) in [6.45, 7) is 6.04. The minimum Gasteiger partial charge on any atom is -0.347 e. The van der Waals surface area contributed by atoms with Crippen molar-refractivity contribution in [2.24, 2.45) is 18.7 Å². The summed E-state index contributed by atoms with van der Waals surface area (Å²) in [5.41, 5.74) is 11.0. The Kier molecular flexibility index (Phi) is 3.94. The van der Waals surface area contributed by atoms with Gasteiger partial charge in [0.2, 0.25) is 0 Å². The molecule has 0 aliphatic carbocycles. The van der Waals surface area contributed by atoms with Crippen LogP contribution in [-0.4, -0.2) is 29.1 Å². The second kappa shape index (κ2) is 5.95. The molecule has 124 valence electrons. The van der Waals surface area contributed by atoms with E-state index < -0.39 is 0 Å². The zero-order valence-electron chi connectivity index (χ0n) is 14.5. The highest BCUT2D eigenvalue weighted by Gasteiger charge is 2.38. The van der Waals surface area contributed by atoms with Crippen molar-refractivity contribution in [1.82, 2.24) is 9.47 Å². The van der Waals surface area contributed by atoms with Gasteiger partial charge < -0.3 is 15.2 Å². The first kappa shape index (κ1) is 15.2. The molecule has 5 rings (SSSR count). The van der Waals surface area contributed by atoms with Gasteiger partial charge in [-0.05, 0) is 49.9 Å². The molecule has 2 N–H and O–H groups in total. The van der Waals surface area contributed by atoms with Crippen LogP contribution in [0, 0.1) is 5.92 Å². The summed E-state index contributed by atoms with van der Waals surface area (Å²) in [6, 6.07) is 8.99. The van der Waals surface area contributed by atoms with Gasteiger partial charge in [0.05, 0.1) is 0 Å². The van der Waals surface area contributed by atoms with E-state index in [1.807, 2.05) is 0 Å². The maximum atomic E-state index is 6.66. The molecular weight excluding hydrogens is 282 g/mol. The van der Waals surface area contributed by atoms with Crippen LogP contribution < -0.4 is 5.73 Å². The van der Waals surface area contributed by atoms with Crippen LogP contribution in [0.4, 0.5) is 0 Å². The summed E-state index contributed by atoms with van der Waals surface area (Å²) in [6.07, 6.45) is 4.93. The smallest absolute Gasteiger partial charge is 0.0483 e. The molecular formula is C20H29N3. The molecule has 0 amide bonds. The molecule has 3 aliphatic rings. The fourth-order valence-electron chi connectivity index (χ4n) is 5.01. The van der Waals surface area contributed by atoms with Gasteiger partial charge in [-0.1, -0.05) is 31.5 Å². The predicted molar refractivity (Wildman–Crippen MR) is 96.7 cm³/mol. The summed E-state index contributed by atoms with van der Waals surface area (Å²) in [4.78, 5) is 2.65. The summed E-state index contributed by atoms with van der Waals surface area (Å²) in [7, 11) is 2.25. The van der Waals surface area contributed by atoms with Crippen molar-refractivity contribution in [3.05, 3.63) is 35.5 Å². The maximum absolute atomic E-state index is 6.66. The second-order valence-corrected chi connectivity index (χ2v) is 7.51. The van der Waals surface area contributed by atoms with Crippen molar-refractivity contribution in [3.8, 4) is 0 Å². The molecule has 2 unspecified atom stereocenters. The number of hydrogen-bond acceptors (Lipinski definition) is 2. The number of aromatic nitrogens is 1. The summed E-state index contributed by atoms with van der Waals surface area (Å²) in [5.74, 6) is 1.50. The first-order chi connectivity index (χ1) is 11.2. The number of aryl methyl sites for hydroxylation is 1. The third-order valence-electron chi connectivity index (χ3n) is 6.17. The minimum atomic E-state index is 0.163. The largest absolute Gasteiger partial charge is 0.347 e. The Labute approximate surface area is 139 Å². The topological polar surface area (TPSA) is 34.2 Å². The molecule has 3 fully saturated rings. The Balaban J connectivity index is 1.87. The van der Waals surface area contributed by atoms with Gasteiger partial charge in [-0.25, -0.2) is 0 Å². The van der Waals surface area contributed by atoms with E-state index in [0.29, 0.717) is 5.92 Å². The van der Waals surface area contributed by atoms with E-state index in [0.717, 1.165) is 18.8 Å². The number of hydrogen-bond donors (Lipinski definition) is 1. The molecule has 3 aliphatic heterocycles. The monoisotopic (exact) mass is 311 g/mol. The third kappa shape index (κ3) is 2.41. The number of fused-ring (bicyclic) bond motifs is 4. The van der Waals surface area contributed by atoms with Crippen molar-refractivity contribution in [3.63, 3.8) is 0 Å². The van der Waals surface area contributed by atoms with Crippen LogP contribution in [0.1, 0.15) is 55.8 Å². The van der Waals surface area contributed by atoms with E-state index in [9.17, 15) is 0 Å². The van der Waals surface area contributed by atoms with Crippen LogP contribution in [0.25, 0.3) is 10.9 Å². The Morgan fingerprint density at radius 1 is 1.22 bits per heavy atom. The molecule has 0 radical (unpaired) electrons. The molecule has 23 heavy (non-hydrogen) atoms. The highest BCUT2D eigenvalue weighted by molar-refractivity contribution is 5.86. The van der Waals surface area contributed by atoms with Crippen LogP contribution in [-0.2, 0) is 7.05 Å².